The average Bonchev–Trinajstić information content (AvgIpc) is 2.15. The van der Waals surface area contributed by atoms with Crippen LogP contribution < -0.4 is 4.74 Å². The molecular weight excluding hydrogens is 348 g/mol. The maximum absolute atomic E-state index is 12.6. The lowest BCUT2D eigenvalue weighted by Gasteiger charge is -2.14. The highest BCUT2D eigenvalue weighted by Crippen LogP contribution is 2.35. The normalized spacial score (nSPS) is 11.4. The molecule has 0 aromatic heterocycles. The zero-order chi connectivity index (χ0) is 13.2. The molecule has 0 spiro atoms. The van der Waals surface area contributed by atoms with E-state index in [1.54, 1.807) is 29.5 Å². The first-order chi connectivity index (χ1) is 7.77. The lowest BCUT2D eigenvalue weighted by molar-refractivity contribution is -0.137. The molecule has 1 aromatic rings. The Morgan fingerprint density at radius 2 is 2.00 bits per heavy atom. The highest BCUT2D eigenvalue weighted by atomic mass is 127. The summed E-state index contributed by atoms with van der Waals surface area (Å²) in [7, 11) is 0. The summed E-state index contributed by atoms with van der Waals surface area (Å²) in [5, 5.41) is 0. The van der Waals surface area contributed by atoms with Crippen LogP contribution in [0.2, 0.25) is 0 Å². The van der Waals surface area contributed by atoms with E-state index in [-0.39, 0.29) is 27.3 Å². The maximum Gasteiger partial charge on any atom is 0.416 e. The van der Waals surface area contributed by atoms with Gasteiger partial charge in [-0.1, -0.05) is 0 Å². The molecule has 0 aliphatic heterocycles. The van der Waals surface area contributed by atoms with Crippen molar-refractivity contribution in [3.63, 3.8) is 0 Å². The number of hydrogen-bond donors (Lipinski definition) is 0. The number of ether oxygens (including phenoxy) is 1. The molecule has 0 atom stereocenters. The van der Waals surface area contributed by atoms with Crippen LogP contribution in [0.1, 0.15) is 29.8 Å². The zero-order valence-electron chi connectivity index (χ0n) is 9.19. The first kappa shape index (κ1) is 14.3. The number of benzene rings is 1. The Hall–Kier alpha value is -0.790. The zero-order valence-corrected chi connectivity index (χ0v) is 11.3. The van der Waals surface area contributed by atoms with Gasteiger partial charge in [-0.25, -0.2) is 0 Å². The predicted molar refractivity (Wildman–Crippen MR) is 65.3 cm³/mol. The Morgan fingerprint density at radius 1 is 1.41 bits per heavy atom. The Morgan fingerprint density at radius 3 is 2.41 bits per heavy atom. The Bertz CT molecular complexity index is 441. The van der Waals surface area contributed by atoms with Crippen molar-refractivity contribution in [1.82, 2.24) is 0 Å². The molecule has 0 bridgehead atoms. The molecular formula is C11H10F3IO2. The minimum absolute atomic E-state index is 0.0146. The number of rotatable bonds is 3. The van der Waals surface area contributed by atoms with Crippen LogP contribution in [0.4, 0.5) is 13.2 Å². The van der Waals surface area contributed by atoms with Crippen molar-refractivity contribution in [2.75, 3.05) is 6.61 Å². The van der Waals surface area contributed by atoms with E-state index < -0.39 is 11.7 Å². The number of carbonyl (C=O) groups excluding carboxylic acids is 1. The Labute approximate surface area is 110 Å². The number of halogens is 4. The van der Waals surface area contributed by atoms with Gasteiger partial charge < -0.3 is 4.74 Å². The highest BCUT2D eigenvalue weighted by molar-refractivity contribution is 14.1. The number of alkyl halides is 3. The SMILES string of the molecule is CCOc1cc(C(F)(F)F)cc(I)c1C(C)=O. The fourth-order valence-electron chi connectivity index (χ4n) is 1.36. The lowest BCUT2D eigenvalue weighted by atomic mass is 10.1. The first-order valence-corrected chi connectivity index (χ1v) is 5.89. The van der Waals surface area contributed by atoms with Gasteiger partial charge in [-0.3, -0.25) is 4.79 Å². The van der Waals surface area contributed by atoms with Crippen molar-refractivity contribution in [2.45, 2.75) is 20.0 Å². The van der Waals surface area contributed by atoms with E-state index >= 15 is 0 Å². The van der Waals surface area contributed by atoms with Gasteiger partial charge in [0.15, 0.2) is 5.78 Å². The third-order valence-electron chi connectivity index (χ3n) is 2.03. The minimum Gasteiger partial charge on any atom is -0.493 e. The largest absolute Gasteiger partial charge is 0.493 e. The second kappa shape index (κ2) is 5.24. The van der Waals surface area contributed by atoms with Crippen LogP contribution in [0.25, 0.3) is 0 Å². The summed E-state index contributed by atoms with van der Waals surface area (Å²) in [5.74, 6) is -0.328. The summed E-state index contributed by atoms with van der Waals surface area (Å²) in [6.45, 7) is 3.15. The minimum atomic E-state index is -4.44. The second-order valence-electron chi connectivity index (χ2n) is 3.32. The lowest BCUT2D eigenvalue weighted by Crippen LogP contribution is -2.10. The molecule has 0 radical (unpaired) electrons. The number of carbonyl (C=O) groups is 1. The van der Waals surface area contributed by atoms with Crippen LogP contribution in [0.15, 0.2) is 12.1 Å². The van der Waals surface area contributed by atoms with Gasteiger partial charge in [-0.15, -0.1) is 0 Å². The molecule has 0 fully saturated rings. The summed E-state index contributed by atoms with van der Waals surface area (Å²) >= 11 is 1.71. The van der Waals surface area contributed by atoms with Gasteiger partial charge in [0, 0.05) is 3.57 Å². The molecule has 1 aromatic carbocycles. The van der Waals surface area contributed by atoms with Gasteiger partial charge in [-0.05, 0) is 48.6 Å². The molecule has 2 nitrogen and oxygen atoms in total. The Balaban J connectivity index is 3.41. The molecule has 0 amide bonds. The average molecular weight is 358 g/mol. The molecule has 0 saturated carbocycles. The molecule has 94 valence electrons. The standard InChI is InChI=1S/C11H10F3IO2/c1-3-17-9-5-7(11(12,13)14)4-8(15)10(9)6(2)16/h4-5H,3H2,1-2H3. The van der Waals surface area contributed by atoms with Gasteiger partial charge in [0.1, 0.15) is 5.75 Å². The molecule has 0 aliphatic rings. The van der Waals surface area contributed by atoms with Crippen LogP contribution in [0, 0.1) is 3.57 Å². The van der Waals surface area contributed by atoms with Gasteiger partial charge in [-0.2, -0.15) is 13.2 Å². The van der Waals surface area contributed by atoms with Gasteiger partial charge in [0.25, 0.3) is 0 Å². The van der Waals surface area contributed by atoms with Crippen LogP contribution in [0.5, 0.6) is 5.75 Å². The number of Topliss-reactive ketones (excluding diaryl/α,β-unsaturated/α-hetero) is 1. The molecule has 0 aliphatic carbocycles. The van der Waals surface area contributed by atoms with E-state index in [0.29, 0.717) is 0 Å². The van der Waals surface area contributed by atoms with Crippen LogP contribution in [-0.4, -0.2) is 12.4 Å². The van der Waals surface area contributed by atoms with Crippen molar-refractivity contribution >= 4 is 28.4 Å². The van der Waals surface area contributed by atoms with E-state index in [1.165, 1.54) is 6.92 Å². The molecule has 1 rings (SSSR count). The fraction of sp³-hybridized carbons (Fsp3) is 0.364. The summed E-state index contributed by atoms with van der Waals surface area (Å²) in [4.78, 5) is 11.4. The van der Waals surface area contributed by atoms with E-state index in [0.717, 1.165) is 12.1 Å². The van der Waals surface area contributed by atoms with Crippen molar-refractivity contribution < 1.29 is 22.7 Å². The summed E-state index contributed by atoms with van der Waals surface area (Å²) in [6, 6.07) is 1.81. The first-order valence-electron chi connectivity index (χ1n) is 4.81. The predicted octanol–water partition coefficient (Wildman–Crippen LogP) is 3.91. The van der Waals surface area contributed by atoms with Crippen LogP contribution in [0.3, 0.4) is 0 Å². The van der Waals surface area contributed by atoms with Gasteiger partial charge in [0.2, 0.25) is 0 Å². The van der Waals surface area contributed by atoms with Crippen LogP contribution in [-0.2, 0) is 6.18 Å². The molecule has 0 unspecified atom stereocenters. The fourth-order valence-corrected chi connectivity index (χ4v) is 2.34. The van der Waals surface area contributed by atoms with Crippen molar-refractivity contribution in [1.29, 1.82) is 0 Å². The van der Waals surface area contributed by atoms with Gasteiger partial charge in [0.05, 0.1) is 17.7 Å². The Kier molecular flexibility index (Phi) is 4.40. The third-order valence-corrected chi connectivity index (χ3v) is 2.88. The second-order valence-corrected chi connectivity index (χ2v) is 4.48. The quantitative estimate of drug-likeness (QED) is 0.605. The molecule has 0 N–H and O–H groups in total. The van der Waals surface area contributed by atoms with Crippen molar-refractivity contribution in [3.05, 3.63) is 26.8 Å². The maximum atomic E-state index is 12.6. The number of hydrogen-bond acceptors (Lipinski definition) is 2. The molecule has 6 heteroatoms. The van der Waals surface area contributed by atoms with Crippen LogP contribution >= 0.6 is 22.6 Å². The number of ketones is 1. The highest BCUT2D eigenvalue weighted by Gasteiger charge is 2.32. The van der Waals surface area contributed by atoms with Gasteiger partial charge >= 0.3 is 6.18 Å². The third kappa shape index (κ3) is 3.34. The van der Waals surface area contributed by atoms with E-state index in [1.807, 2.05) is 0 Å². The summed E-state index contributed by atoms with van der Waals surface area (Å²) in [5.41, 5.74) is -0.615. The van der Waals surface area contributed by atoms with E-state index in [4.69, 9.17) is 4.74 Å². The van der Waals surface area contributed by atoms with E-state index in [2.05, 4.69) is 0 Å². The summed E-state index contributed by atoms with van der Waals surface area (Å²) < 4.78 is 43.1. The van der Waals surface area contributed by atoms with Crippen molar-refractivity contribution in [2.24, 2.45) is 0 Å². The molecule has 0 heterocycles. The summed E-state index contributed by atoms with van der Waals surface area (Å²) in [6.07, 6.45) is -4.44. The monoisotopic (exact) mass is 358 g/mol. The molecule has 0 saturated heterocycles. The topological polar surface area (TPSA) is 26.3 Å². The smallest absolute Gasteiger partial charge is 0.416 e. The van der Waals surface area contributed by atoms with E-state index in [9.17, 15) is 18.0 Å². The van der Waals surface area contributed by atoms with Crippen molar-refractivity contribution in [3.8, 4) is 5.75 Å². The molecule has 17 heavy (non-hydrogen) atoms.